The van der Waals surface area contributed by atoms with Gasteiger partial charge < -0.3 is 4.74 Å². The molecule has 1 unspecified atom stereocenters. The predicted octanol–water partition coefficient (Wildman–Crippen LogP) is 3.83. The van der Waals surface area contributed by atoms with Crippen molar-refractivity contribution in [3.8, 4) is 0 Å². The van der Waals surface area contributed by atoms with Crippen LogP contribution < -0.4 is 0 Å². The zero-order valence-electron chi connectivity index (χ0n) is 8.66. The van der Waals surface area contributed by atoms with E-state index in [1.165, 1.54) is 5.56 Å². The normalized spacial score (nSPS) is 15.5. The largest absolute Gasteiger partial charge is 0.486 e. The van der Waals surface area contributed by atoms with Gasteiger partial charge in [0.25, 0.3) is 0 Å². The van der Waals surface area contributed by atoms with Gasteiger partial charge in [-0.15, -0.1) is 0 Å². The van der Waals surface area contributed by atoms with Gasteiger partial charge in [-0.3, -0.25) is 0 Å². The minimum atomic E-state index is 0.0289. The lowest BCUT2D eigenvalue weighted by atomic mass is 10.1. The van der Waals surface area contributed by atoms with Crippen LogP contribution in [0.4, 0.5) is 0 Å². The van der Waals surface area contributed by atoms with Gasteiger partial charge in [-0.25, -0.2) is 0 Å². The van der Waals surface area contributed by atoms with Crippen molar-refractivity contribution in [3.05, 3.63) is 53.1 Å². The van der Waals surface area contributed by atoms with Crippen molar-refractivity contribution in [1.82, 2.24) is 0 Å². The van der Waals surface area contributed by atoms with Crippen molar-refractivity contribution < 1.29 is 4.74 Å². The average molecular weight is 221 g/mol. The molecule has 1 aliphatic rings. The molecule has 1 atom stereocenters. The molecule has 0 radical (unpaired) electrons. The van der Waals surface area contributed by atoms with Crippen LogP contribution in [0.1, 0.15) is 18.1 Å². The first kappa shape index (κ1) is 10.3. The van der Waals surface area contributed by atoms with Crippen LogP contribution in [0, 0.1) is 0 Å². The summed E-state index contributed by atoms with van der Waals surface area (Å²) in [5.74, 6) is 0.917. The molecule has 15 heavy (non-hydrogen) atoms. The highest BCUT2D eigenvalue weighted by molar-refractivity contribution is 6.30. The monoisotopic (exact) mass is 220 g/mol. The third-order valence-corrected chi connectivity index (χ3v) is 2.72. The average Bonchev–Trinajstić information content (AvgIpc) is 2.61. The number of rotatable bonds is 3. The molecule has 0 saturated heterocycles. The zero-order chi connectivity index (χ0) is 10.8. The van der Waals surface area contributed by atoms with E-state index in [2.05, 4.69) is 12.7 Å². The van der Waals surface area contributed by atoms with Crippen molar-refractivity contribution in [3.63, 3.8) is 0 Å². The summed E-state index contributed by atoms with van der Waals surface area (Å²) in [6.07, 6.45) is 4.82. The van der Waals surface area contributed by atoms with Crippen LogP contribution in [0.15, 0.2) is 36.9 Å². The van der Waals surface area contributed by atoms with Crippen LogP contribution in [0.5, 0.6) is 0 Å². The molecule has 0 spiro atoms. The Morgan fingerprint density at radius 2 is 2.33 bits per heavy atom. The molecule has 0 N–H and O–H groups in total. The highest BCUT2D eigenvalue weighted by Gasteiger charge is 2.16. The summed E-state index contributed by atoms with van der Waals surface area (Å²) in [6, 6.07) is 5.91. The maximum absolute atomic E-state index is 5.96. The van der Waals surface area contributed by atoms with Crippen LogP contribution in [-0.4, -0.2) is 6.10 Å². The lowest BCUT2D eigenvalue weighted by Gasteiger charge is -2.12. The van der Waals surface area contributed by atoms with Crippen LogP contribution >= 0.6 is 11.6 Å². The van der Waals surface area contributed by atoms with Crippen LogP contribution in [0.2, 0.25) is 5.02 Å². The summed E-state index contributed by atoms with van der Waals surface area (Å²) in [4.78, 5) is 0. The molecule has 1 nitrogen and oxygen atoms in total. The van der Waals surface area contributed by atoms with Gasteiger partial charge >= 0.3 is 0 Å². The van der Waals surface area contributed by atoms with Crippen molar-refractivity contribution in [1.29, 1.82) is 0 Å². The Morgan fingerprint density at radius 3 is 3.07 bits per heavy atom. The molecule has 0 saturated carbocycles. The Balaban J connectivity index is 2.26. The minimum Gasteiger partial charge on any atom is -0.486 e. The number of fused-ring (bicyclic) bond motifs is 1. The van der Waals surface area contributed by atoms with Gasteiger partial charge in [0.1, 0.15) is 11.9 Å². The number of hydrogen-bond donors (Lipinski definition) is 0. The van der Waals surface area contributed by atoms with Gasteiger partial charge in [0.2, 0.25) is 0 Å². The number of halogens is 1. The predicted molar refractivity (Wildman–Crippen MR) is 63.9 cm³/mol. The smallest absolute Gasteiger partial charge is 0.124 e. The van der Waals surface area contributed by atoms with Gasteiger partial charge in [0, 0.05) is 10.6 Å². The Labute approximate surface area is 95.0 Å². The van der Waals surface area contributed by atoms with Gasteiger partial charge in [-0.2, -0.15) is 0 Å². The summed E-state index contributed by atoms with van der Waals surface area (Å²) in [5, 5.41) is 0.747. The zero-order valence-corrected chi connectivity index (χ0v) is 9.42. The molecule has 0 aliphatic heterocycles. The van der Waals surface area contributed by atoms with E-state index in [4.69, 9.17) is 16.3 Å². The molecule has 0 heterocycles. The van der Waals surface area contributed by atoms with Gasteiger partial charge in [0.05, 0.1) is 0 Å². The fourth-order valence-electron chi connectivity index (χ4n) is 1.63. The molecular weight excluding hydrogens is 208 g/mol. The van der Waals surface area contributed by atoms with E-state index in [9.17, 15) is 0 Å². The van der Waals surface area contributed by atoms with Gasteiger partial charge in [0.15, 0.2) is 0 Å². The first-order chi connectivity index (χ1) is 7.20. The van der Waals surface area contributed by atoms with Crippen molar-refractivity contribution >= 4 is 17.4 Å². The molecule has 0 fully saturated rings. The number of allylic oxidation sites excluding steroid dienone is 1. The lowest BCUT2D eigenvalue weighted by Crippen LogP contribution is -2.02. The quantitative estimate of drug-likeness (QED) is 0.704. The molecule has 0 bridgehead atoms. The lowest BCUT2D eigenvalue weighted by molar-refractivity contribution is 0.231. The van der Waals surface area contributed by atoms with Crippen LogP contribution in [-0.2, 0) is 11.2 Å². The first-order valence-corrected chi connectivity index (χ1v) is 5.36. The Bertz CT molecular complexity index is 421. The second-order valence-electron chi connectivity index (χ2n) is 3.63. The summed E-state index contributed by atoms with van der Waals surface area (Å²) in [6.45, 7) is 5.67. The second-order valence-corrected chi connectivity index (χ2v) is 4.07. The van der Waals surface area contributed by atoms with E-state index in [1.54, 1.807) is 6.08 Å². The highest BCUT2D eigenvalue weighted by atomic mass is 35.5. The van der Waals surface area contributed by atoms with Crippen LogP contribution in [0.3, 0.4) is 0 Å². The van der Waals surface area contributed by atoms with Crippen LogP contribution in [0.25, 0.3) is 5.76 Å². The number of ether oxygens (including phenoxy) is 1. The van der Waals surface area contributed by atoms with E-state index < -0.39 is 0 Å². The van der Waals surface area contributed by atoms with Crippen molar-refractivity contribution in [2.45, 2.75) is 19.4 Å². The second kappa shape index (κ2) is 4.11. The molecule has 2 heteroatoms. The summed E-state index contributed by atoms with van der Waals surface area (Å²) >= 11 is 5.96. The SMILES string of the molecule is C=CC(C)OC1=CCc2ccc(Cl)cc21. The molecule has 0 aromatic heterocycles. The van der Waals surface area contributed by atoms with E-state index in [0.29, 0.717) is 0 Å². The molecule has 1 aliphatic carbocycles. The fourth-order valence-corrected chi connectivity index (χ4v) is 1.80. The van der Waals surface area contributed by atoms with Crippen molar-refractivity contribution in [2.75, 3.05) is 0 Å². The maximum Gasteiger partial charge on any atom is 0.124 e. The molecule has 78 valence electrons. The number of hydrogen-bond acceptors (Lipinski definition) is 1. The highest BCUT2D eigenvalue weighted by Crippen LogP contribution is 2.31. The van der Waals surface area contributed by atoms with E-state index >= 15 is 0 Å². The van der Waals surface area contributed by atoms with E-state index in [-0.39, 0.29) is 6.10 Å². The number of benzene rings is 1. The molecule has 1 aromatic rings. The molecule has 2 rings (SSSR count). The molecule has 0 amide bonds. The minimum absolute atomic E-state index is 0.0289. The van der Waals surface area contributed by atoms with E-state index in [0.717, 1.165) is 22.8 Å². The topological polar surface area (TPSA) is 9.23 Å². The standard InChI is InChI=1S/C13H13ClO/c1-3-9(2)15-13-7-5-10-4-6-11(14)8-12(10)13/h3-4,6-9H,1,5H2,2H3. The fraction of sp³-hybridized carbons (Fsp3) is 0.231. The summed E-state index contributed by atoms with van der Waals surface area (Å²) < 4.78 is 5.73. The van der Waals surface area contributed by atoms with Gasteiger partial charge in [-0.1, -0.05) is 30.3 Å². The molecular formula is C13H13ClO. The van der Waals surface area contributed by atoms with Crippen molar-refractivity contribution in [2.24, 2.45) is 0 Å². The Hall–Kier alpha value is -1.21. The third kappa shape index (κ3) is 2.07. The first-order valence-electron chi connectivity index (χ1n) is 4.99. The Kier molecular flexibility index (Phi) is 2.83. The third-order valence-electron chi connectivity index (χ3n) is 2.49. The van der Waals surface area contributed by atoms with Gasteiger partial charge in [-0.05, 0) is 37.1 Å². The van der Waals surface area contributed by atoms with E-state index in [1.807, 2.05) is 25.1 Å². The summed E-state index contributed by atoms with van der Waals surface area (Å²) in [5.41, 5.74) is 2.38. The summed E-state index contributed by atoms with van der Waals surface area (Å²) in [7, 11) is 0. The molecule has 1 aromatic carbocycles. The Morgan fingerprint density at radius 1 is 1.53 bits per heavy atom. The maximum atomic E-state index is 5.96.